The topological polar surface area (TPSA) is 145 Å². The predicted molar refractivity (Wildman–Crippen MR) is 315 cm³/mol. The predicted octanol–water partition coefficient (Wildman–Crippen LogP) is 16.8. The zero-order chi connectivity index (χ0) is 52.8. The molecule has 4 aromatic rings. The molecule has 2 aliphatic heterocycles. The molecule has 0 spiro atoms. The summed E-state index contributed by atoms with van der Waals surface area (Å²) >= 11 is 0. The number of nitrogens with zero attached hydrogens (tertiary/aromatic N) is 2. The van der Waals surface area contributed by atoms with Crippen molar-refractivity contribution in [2.45, 2.75) is 242 Å². The van der Waals surface area contributed by atoms with Crippen LogP contribution in [0.25, 0.3) is 0 Å². The van der Waals surface area contributed by atoms with Crippen molar-refractivity contribution < 1.29 is 25.9 Å². The van der Waals surface area contributed by atoms with Crippen molar-refractivity contribution in [2.24, 2.45) is 0 Å². The van der Waals surface area contributed by atoms with Crippen LogP contribution in [-0.4, -0.2) is 73.7 Å². The number of benzene rings is 4. The van der Waals surface area contributed by atoms with E-state index in [1.165, 1.54) is 154 Å². The molecule has 2 N–H and O–H groups in total. The molecule has 412 valence electrons. The van der Waals surface area contributed by atoms with E-state index in [0.717, 1.165) is 48.2 Å². The first kappa shape index (κ1) is 64.7. The molecule has 2 aliphatic rings. The van der Waals surface area contributed by atoms with Gasteiger partial charge in [0.25, 0.3) is 0 Å². The molecule has 0 aromatic heterocycles. The average molecular weight is 1100 g/mol. The van der Waals surface area contributed by atoms with Crippen LogP contribution in [0, 0.1) is 0 Å². The van der Waals surface area contributed by atoms with Crippen molar-refractivity contribution in [1.82, 2.24) is 0 Å². The number of hydrogen-bond donors (Lipinski definition) is 2. The van der Waals surface area contributed by atoms with Crippen molar-refractivity contribution in [2.75, 3.05) is 20.4 Å². The van der Waals surface area contributed by atoms with Crippen LogP contribution in [0.15, 0.2) is 109 Å². The molecule has 0 radical (unpaired) electrons. The average Bonchev–Trinajstić information content (AvgIpc) is 3.90. The number of fused-ring (bicyclic) bond motifs is 2. The van der Waals surface area contributed by atoms with Gasteiger partial charge in [-0.05, 0) is 48.2 Å². The Morgan fingerprint density at radius 3 is 0.867 bits per heavy atom. The molecule has 0 saturated heterocycles. The Kier molecular flexibility index (Phi) is 30.7. The van der Waals surface area contributed by atoms with Crippen LogP contribution >= 0.6 is 0 Å². The van der Waals surface area contributed by atoms with Gasteiger partial charge in [0.15, 0.2) is 0 Å². The number of nitrogens with one attached hydrogen (secondary N) is 2. The van der Waals surface area contributed by atoms with Gasteiger partial charge in [0.2, 0.25) is 9.99 Å². The fourth-order valence-corrected chi connectivity index (χ4v) is 13.2. The molecule has 0 fully saturated rings. The number of hydrogen-bond acceptors (Lipinski definition) is 10. The van der Waals surface area contributed by atoms with Crippen LogP contribution in [0.5, 0.6) is 0 Å². The van der Waals surface area contributed by atoms with Gasteiger partial charge < -0.3 is 29.5 Å². The molecule has 4 aromatic carbocycles. The first-order chi connectivity index (χ1) is 36.0. The third-order valence-electron chi connectivity index (χ3n) is 15.4. The number of anilines is 4. The molecular formula is C62H94CaN4O6S2. The Bertz CT molecular complexity index is 2200. The minimum atomic E-state index is -4.66. The zero-order valence-electron chi connectivity index (χ0n) is 46.3. The Balaban J connectivity index is 0.000000320. The second-order valence-electron chi connectivity index (χ2n) is 21.3. The smallest absolute Gasteiger partial charge is 0.745 e. The van der Waals surface area contributed by atoms with Crippen molar-refractivity contribution >= 4 is 80.7 Å². The molecule has 0 saturated carbocycles. The number of rotatable bonds is 38. The van der Waals surface area contributed by atoms with Gasteiger partial charge in [-0.3, -0.25) is 0 Å². The van der Waals surface area contributed by atoms with E-state index >= 15 is 0 Å². The second kappa shape index (κ2) is 35.6. The Hall–Kier alpha value is -2.84. The molecule has 2 atom stereocenters. The van der Waals surface area contributed by atoms with Crippen LogP contribution in [0.1, 0.15) is 230 Å². The summed E-state index contributed by atoms with van der Waals surface area (Å²) in [5.74, 6) is 0. The SMILES string of the molecule is CCCCCCCCCCCCCCCCCC1(S(=O)(=O)[O-])Nc2ccccc2N1Cc1ccccc1.CCCCCCCCCCCCCCCCCC1(S(=O)(=O)[O-])Nc2ccccc2N1Cc1ccccc1.[Ca+2]. The summed E-state index contributed by atoms with van der Waals surface area (Å²) in [6.45, 7) is 5.26. The monoisotopic (exact) mass is 1090 g/mol. The van der Waals surface area contributed by atoms with Crippen LogP contribution in [0.2, 0.25) is 0 Å². The third kappa shape index (κ3) is 21.0. The normalized spacial score (nSPS) is 16.9. The van der Waals surface area contributed by atoms with E-state index in [4.69, 9.17) is 0 Å². The quantitative estimate of drug-likeness (QED) is 0.0253. The van der Waals surface area contributed by atoms with E-state index in [1.807, 2.05) is 109 Å². The first-order valence-electron chi connectivity index (χ1n) is 29.2. The minimum absolute atomic E-state index is 0. The van der Waals surface area contributed by atoms with Gasteiger partial charge in [0, 0.05) is 25.9 Å². The Labute approximate surface area is 485 Å². The molecule has 0 bridgehead atoms. The van der Waals surface area contributed by atoms with E-state index in [9.17, 15) is 25.9 Å². The Morgan fingerprint density at radius 1 is 0.360 bits per heavy atom. The van der Waals surface area contributed by atoms with Gasteiger partial charge in [-0.2, -0.15) is 0 Å². The van der Waals surface area contributed by atoms with Gasteiger partial charge in [0.05, 0.1) is 22.7 Å². The summed E-state index contributed by atoms with van der Waals surface area (Å²) in [6.07, 6.45) is 38.0. The molecule has 75 heavy (non-hydrogen) atoms. The Morgan fingerprint density at radius 2 is 0.600 bits per heavy atom. The number of unbranched alkanes of at least 4 members (excludes halogenated alkanes) is 28. The third-order valence-corrected chi connectivity index (χ3v) is 18.1. The standard InChI is InChI=1S/2C31H48N2O3S.Ca/c2*1-2-3-4-5-6-7-8-9-10-11-12-13-14-15-21-26-31(37(34,35)36)32-29-24-19-20-25-30(29)33(31)27-28-22-17-16-18-23-28;/h2*16-20,22-25,32H,2-15,21,26-27H2,1H3,(H,34,35,36);/q;;+2/p-2. The van der Waals surface area contributed by atoms with Crippen molar-refractivity contribution in [3.05, 3.63) is 120 Å². The fraction of sp³-hybridized carbons (Fsp3) is 0.613. The van der Waals surface area contributed by atoms with Gasteiger partial charge >= 0.3 is 37.7 Å². The molecule has 2 unspecified atom stereocenters. The van der Waals surface area contributed by atoms with Gasteiger partial charge in [0.1, 0.15) is 20.2 Å². The maximum Gasteiger partial charge on any atom is 2.00 e. The summed E-state index contributed by atoms with van der Waals surface area (Å²) < 4.78 is 76.5. The van der Waals surface area contributed by atoms with Crippen molar-refractivity contribution in [3.8, 4) is 0 Å². The molecule has 10 nitrogen and oxygen atoms in total. The molecule has 6 rings (SSSR count). The minimum Gasteiger partial charge on any atom is -0.745 e. The molecular weight excluding hydrogens is 1000 g/mol. The fourth-order valence-electron chi connectivity index (χ4n) is 11.0. The summed E-state index contributed by atoms with van der Waals surface area (Å²) in [4.78, 5) is 0.236. The van der Waals surface area contributed by atoms with Crippen LogP contribution in [0.4, 0.5) is 22.7 Å². The van der Waals surface area contributed by atoms with Crippen molar-refractivity contribution in [3.63, 3.8) is 0 Å². The van der Waals surface area contributed by atoms with Gasteiger partial charge in [-0.15, -0.1) is 0 Å². The zero-order valence-corrected chi connectivity index (χ0v) is 50.1. The first-order valence-corrected chi connectivity index (χ1v) is 32.1. The van der Waals surface area contributed by atoms with Crippen molar-refractivity contribution in [1.29, 1.82) is 0 Å². The molecule has 0 amide bonds. The molecule has 0 aliphatic carbocycles. The summed E-state index contributed by atoms with van der Waals surface area (Å²) in [5, 5.41) is 6.27. The van der Waals surface area contributed by atoms with Gasteiger partial charge in [-0.25, -0.2) is 16.8 Å². The largest absolute Gasteiger partial charge is 2.00 e. The van der Waals surface area contributed by atoms with E-state index in [0.29, 0.717) is 37.3 Å². The second-order valence-corrected chi connectivity index (χ2v) is 24.5. The summed E-state index contributed by atoms with van der Waals surface area (Å²) in [7, 11) is -9.31. The number of para-hydroxylation sites is 4. The van der Waals surface area contributed by atoms with Gasteiger partial charge in [-0.1, -0.05) is 279 Å². The molecule has 13 heteroatoms. The molecule has 2 heterocycles. The summed E-state index contributed by atoms with van der Waals surface area (Å²) in [5.41, 5.74) is 4.91. The maximum atomic E-state index is 12.7. The van der Waals surface area contributed by atoms with Crippen LogP contribution in [-0.2, 0) is 33.3 Å². The van der Waals surface area contributed by atoms with E-state index < -0.39 is 30.2 Å². The van der Waals surface area contributed by atoms with E-state index in [1.54, 1.807) is 9.80 Å². The van der Waals surface area contributed by atoms with E-state index in [-0.39, 0.29) is 50.6 Å². The van der Waals surface area contributed by atoms with E-state index in [2.05, 4.69) is 24.5 Å². The summed E-state index contributed by atoms with van der Waals surface area (Å²) in [6, 6.07) is 34.5. The van der Waals surface area contributed by atoms with Crippen LogP contribution < -0.4 is 20.4 Å². The van der Waals surface area contributed by atoms with Crippen LogP contribution in [0.3, 0.4) is 0 Å². The maximum absolute atomic E-state index is 12.7.